The number of carboxylic acid groups (broad SMARTS) is 1. The summed E-state index contributed by atoms with van der Waals surface area (Å²) in [4.78, 5) is 21.5. The molecule has 5 heteroatoms. The van der Waals surface area contributed by atoms with Crippen LogP contribution in [-0.4, -0.2) is 22.5 Å². The van der Waals surface area contributed by atoms with E-state index in [9.17, 15) is 9.59 Å². The number of primary amides is 1. The van der Waals surface area contributed by atoms with Gasteiger partial charge in [-0.05, 0) is 18.4 Å². The third kappa shape index (κ3) is 1.05. The average molecular weight is 168 g/mol. The van der Waals surface area contributed by atoms with E-state index in [1.165, 1.54) is 18.4 Å². The molecule has 0 fully saturated rings. The zero-order valence-corrected chi connectivity index (χ0v) is 6.15. The zero-order valence-electron chi connectivity index (χ0n) is 6.15. The predicted molar refractivity (Wildman–Crippen MR) is 41.0 cm³/mol. The minimum absolute atomic E-state index is 0.935. The molecule has 0 aromatic heterocycles. The molecule has 0 aliphatic carbocycles. The van der Waals surface area contributed by atoms with E-state index in [4.69, 9.17) is 10.8 Å². The molecule has 0 aromatic carbocycles. The number of aliphatic carboxylic acids is 1. The van der Waals surface area contributed by atoms with Gasteiger partial charge in [-0.15, -0.1) is 0 Å². The maximum absolute atomic E-state index is 10.8. The second kappa shape index (κ2) is 2.69. The van der Waals surface area contributed by atoms with Gasteiger partial charge in [0.05, 0.1) is 0 Å². The van der Waals surface area contributed by atoms with Crippen LogP contribution in [0.25, 0.3) is 0 Å². The van der Waals surface area contributed by atoms with E-state index in [-0.39, 0.29) is 0 Å². The fourth-order valence-electron chi connectivity index (χ4n) is 0.875. The summed E-state index contributed by atoms with van der Waals surface area (Å²) in [7, 11) is 0. The number of rotatable bonds is 2. The molecule has 0 spiro atoms. The Kier molecular flexibility index (Phi) is 1.86. The molecule has 1 heterocycles. The molecular formula is C7H8N2O3. The minimum atomic E-state index is -1.78. The molecule has 1 rings (SSSR count). The lowest BCUT2D eigenvalue weighted by Gasteiger charge is -2.24. The first-order chi connectivity index (χ1) is 5.59. The predicted octanol–water partition coefficient (Wildman–Crippen LogP) is -1.03. The van der Waals surface area contributed by atoms with Crippen LogP contribution in [0.2, 0.25) is 0 Å². The van der Waals surface area contributed by atoms with E-state index in [0.29, 0.717) is 0 Å². The Hall–Kier alpha value is -1.78. The third-order valence-electron chi connectivity index (χ3n) is 1.59. The summed E-state index contributed by atoms with van der Waals surface area (Å²) in [5, 5.41) is 11.1. The van der Waals surface area contributed by atoms with E-state index in [2.05, 4.69) is 5.32 Å². The molecule has 0 aromatic rings. The van der Waals surface area contributed by atoms with Crippen LogP contribution in [0.15, 0.2) is 24.4 Å². The standard InChI is InChI=1S/C7H8N2O3/c8-5(10)7(6(11)12)3-1-2-4-9-7/h1-4,9H,(H2,8,10)(H,11,12). The highest BCUT2D eigenvalue weighted by Crippen LogP contribution is 2.10. The zero-order chi connectivity index (χ0) is 9.19. The number of hydrogen-bond acceptors (Lipinski definition) is 3. The maximum Gasteiger partial charge on any atom is 0.343 e. The molecule has 1 atom stereocenters. The molecule has 1 amide bonds. The van der Waals surface area contributed by atoms with E-state index in [0.717, 1.165) is 0 Å². The summed E-state index contributed by atoms with van der Waals surface area (Å²) >= 11 is 0. The second-order valence-corrected chi connectivity index (χ2v) is 2.34. The van der Waals surface area contributed by atoms with Crippen molar-refractivity contribution in [3.8, 4) is 0 Å². The number of hydrogen-bond donors (Lipinski definition) is 3. The Balaban J connectivity index is 3.04. The monoisotopic (exact) mass is 168 g/mol. The smallest absolute Gasteiger partial charge is 0.343 e. The lowest BCUT2D eigenvalue weighted by Crippen LogP contribution is -2.58. The van der Waals surface area contributed by atoms with E-state index in [1.54, 1.807) is 6.08 Å². The van der Waals surface area contributed by atoms with E-state index in [1.807, 2.05) is 0 Å². The lowest BCUT2D eigenvalue weighted by atomic mass is 9.97. The summed E-state index contributed by atoms with van der Waals surface area (Å²) in [5.74, 6) is -2.24. The van der Waals surface area contributed by atoms with Crippen LogP contribution in [0, 0.1) is 0 Å². The van der Waals surface area contributed by atoms with Gasteiger partial charge in [0.2, 0.25) is 5.54 Å². The fraction of sp³-hybridized carbons (Fsp3) is 0.143. The molecule has 12 heavy (non-hydrogen) atoms. The van der Waals surface area contributed by atoms with Crippen LogP contribution in [0.1, 0.15) is 0 Å². The summed E-state index contributed by atoms with van der Waals surface area (Å²) < 4.78 is 0. The van der Waals surface area contributed by atoms with Crippen LogP contribution in [-0.2, 0) is 9.59 Å². The fourth-order valence-corrected chi connectivity index (χ4v) is 0.875. The lowest BCUT2D eigenvalue weighted by molar-refractivity contribution is -0.146. The van der Waals surface area contributed by atoms with Gasteiger partial charge < -0.3 is 16.2 Å². The molecule has 64 valence electrons. The van der Waals surface area contributed by atoms with E-state index < -0.39 is 17.4 Å². The van der Waals surface area contributed by atoms with Crippen LogP contribution in [0.4, 0.5) is 0 Å². The number of carbonyl (C=O) groups is 2. The van der Waals surface area contributed by atoms with Crippen molar-refractivity contribution < 1.29 is 14.7 Å². The van der Waals surface area contributed by atoms with Gasteiger partial charge in [0.1, 0.15) is 0 Å². The highest BCUT2D eigenvalue weighted by atomic mass is 16.4. The van der Waals surface area contributed by atoms with Gasteiger partial charge in [-0.3, -0.25) is 4.79 Å². The number of nitrogens with two attached hydrogens (primary N) is 1. The molecule has 0 radical (unpaired) electrons. The van der Waals surface area contributed by atoms with Gasteiger partial charge in [-0.2, -0.15) is 0 Å². The average Bonchev–Trinajstić information content (AvgIpc) is 2.05. The number of dihydropyridines is 1. The Labute approximate surface area is 68.6 Å². The van der Waals surface area contributed by atoms with Crippen molar-refractivity contribution in [2.24, 2.45) is 5.73 Å². The Morgan fingerprint density at radius 2 is 2.08 bits per heavy atom. The normalized spacial score (nSPS) is 26.3. The Morgan fingerprint density at radius 1 is 1.42 bits per heavy atom. The molecule has 1 unspecified atom stereocenters. The quantitative estimate of drug-likeness (QED) is 0.459. The summed E-state index contributed by atoms with van der Waals surface area (Å²) in [6.45, 7) is 0. The van der Waals surface area contributed by atoms with Crippen LogP contribution >= 0.6 is 0 Å². The summed E-state index contributed by atoms with van der Waals surface area (Å²) in [6.07, 6.45) is 5.59. The van der Waals surface area contributed by atoms with E-state index >= 15 is 0 Å². The molecule has 4 N–H and O–H groups in total. The highest BCUT2D eigenvalue weighted by Gasteiger charge is 2.42. The van der Waals surface area contributed by atoms with Gasteiger partial charge in [-0.1, -0.05) is 6.08 Å². The maximum atomic E-state index is 10.8. The topological polar surface area (TPSA) is 92.4 Å². The van der Waals surface area contributed by atoms with Crippen molar-refractivity contribution in [1.29, 1.82) is 0 Å². The molecule has 1 aliphatic rings. The van der Waals surface area contributed by atoms with Crippen molar-refractivity contribution in [3.63, 3.8) is 0 Å². The molecular weight excluding hydrogens is 160 g/mol. The molecule has 0 saturated heterocycles. The number of carboxylic acids is 1. The van der Waals surface area contributed by atoms with Crippen LogP contribution in [0.5, 0.6) is 0 Å². The SMILES string of the molecule is NC(=O)C1(C(=O)O)C=CC=CN1. The van der Waals surface area contributed by atoms with Gasteiger partial charge in [0.15, 0.2) is 0 Å². The summed E-state index contributed by atoms with van der Waals surface area (Å²) in [5.41, 5.74) is 3.15. The number of carbonyl (C=O) groups excluding carboxylic acids is 1. The molecule has 5 nitrogen and oxygen atoms in total. The second-order valence-electron chi connectivity index (χ2n) is 2.34. The summed E-state index contributed by atoms with van der Waals surface area (Å²) in [6, 6.07) is 0. The number of amides is 1. The van der Waals surface area contributed by atoms with Crippen molar-refractivity contribution in [3.05, 3.63) is 24.4 Å². The third-order valence-corrected chi connectivity index (χ3v) is 1.59. The first-order valence-electron chi connectivity index (χ1n) is 3.25. The van der Waals surface area contributed by atoms with Crippen molar-refractivity contribution >= 4 is 11.9 Å². The van der Waals surface area contributed by atoms with Gasteiger partial charge in [0.25, 0.3) is 5.91 Å². The van der Waals surface area contributed by atoms with Gasteiger partial charge >= 0.3 is 5.97 Å². The molecule has 0 bridgehead atoms. The minimum Gasteiger partial charge on any atom is -0.479 e. The van der Waals surface area contributed by atoms with Crippen molar-refractivity contribution in [1.82, 2.24) is 5.32 Å². The van der Waals surface area contributed by atoms with Crippen molar-refractivity contribution in [2.45, 2.75) is 5.54 Å². The first-order valence-corrected chi connectivity index (χ1v) is 3.25. The van der Waals surface area contributed by atoms with Crippen LogP contribution < -0.4 is 11.1 Å². The molecule has 1 aliphatic heterocycles. The van der Waals surface area contributed by atoms with Crippen molar-refractivity contribution in [2.75, 3.05) is 0 Å². The van der Waals surface area contributed by atoms with Gasteiger partial charge in [0, 0.05) is 0 Å². The van der Waals surface area contributed by atoms with Crippen LogP contribution in [0.3, 0.4) is 0 Å². The largest absolute Gasteiger partial charge is 0.479 e. The highest BCUT2D eigenvalue weighted by molar-refractivity contribution is 6.08. The Bertz CT molecular complexity index is 266. The first kappa shape index (κ1) is 8.32. The molecule has 0 saturated carbocycles. The number of nitrogens with one attached hydrogen (secondary N) is 1. The van der Waals surface area contributed by atoms with Gasteiger partial charge in [-0.25, -0.2) is 4.79 Å². The Morgan fingerprint density at radius 3 is 2.33 bits per heavy atom. The number of allylic oxidation sites excluding steroid dienone is 2.